The van der Waals surface area contributed by atoms with Gasteiger partial charge in [0.1, 0.15) is 18.2 Å². The summed E-state index contributed by atoms with van der Waals surface area (Å²) in [5.74, 6) is -0.116. The summed E-state index contributed by atoms with van der Waals surface area (Å²) >= 11 is 3.41. The highest BCUT2D eigenvalue weighted by Gasteiger charge is 1.99. The van der Waals surface area contributed by atoms with Gasteiger partial charge in [-0.2, -0.15) is 0 Å². The van der Waals surface area contributed by atoms with Crippen LogP contribution in [0.2, 0.25) is 0 Å². The molecule has 0 saturated heterocycles. The second-order valence-electron chi connectivity index (χ2n) is 4.45. The van der Waals surface area contributed by atoms with E-state index >= 15 is 0 Å². The Labute approximate surface area is 136 Å². The molecule has 2 rings (SSSR count). The third-order valence-electron chi connectivity index (χ3n) is 2.79. The highest BCUT2D eigenvalue weighted by molar-refractivity contribution is 9.10. The van der Waals surface area contributed by atoms with Crippen molar-refractivity contribution >= 4 is 27.9 Å². The van der Waals surface area contributed by atoms with Gasteiger partial charge < -0.3 is 10.1 Å². The number of hydrogen-bond acceptors (Lipinski definition) is 2. The molecule has 0 bridgehead atoms. The fourth-order valence-corrected chi connectivity index (χ4v) is 2.15. The lowest BCUT2D eigenvalue weighted by molar-refractivity contribution is -0.116. The maximum atomic E-state index is 12.9. The van der Waals surface area contributed by atoms with Crippen molar-refractivity contribution in [2.45, 2.75) is 0 Å². The Bertz CT molecular complexity index is 673. The first kappa shape index (κ1) is 16.2. The van der Waals surface area contributed by atoms with E-state index in [1.165, 1.54) is 18.2 Å². The fourth-order valence-electron chi connectivity index (χ4n) is 1.73. The van der Waals surface area contributed by atoms with E-state index in [0.717, 1.165) is 10.0 Å². The van der Waals surface area contributed by atoms with Crippen LogP contribution in [0.5, 0.6) is 5.75 Å². The Hall–Kier alpha value is -2.14. The summed E-state index contributed by atoms with van der Waals surface area (Å²) in [5, 5.41) is 2.70. The van der Waals surface area contributed by atoms with E-state index in [1.807, 2.05) is 24.3 Å². The molecular formula is C17H15BrFNO2. The molecule has 1 amide bonds. The van der Waals surface area contributed by atoms with Crippen molar-refractivity contribution in [1.82, 2.24) is 5.32 Å². The van der Waals surface area contributed by atoms with Crippen LogP contribution in [-0.4, -0.2) is 19.1 Å². The average molecular weight is 364 g/mol. The van der Waals surface area contributed by atoms with Gasteiger partial charge in [0.05, 0.1) is 6.54 Å². The Morgan fingerprint density at radius 3 is 2.82 bits per heavy atom. The van der Waals surface area contributed by atoms with Crippen molar-refractivity contribution in [3.63, 3.8) is 0 Å². The molecule has 0 radical (unpaired) electrons. The van der Waals surface area contributed by atoms with Gasteiger partial charge in [-0.1, -0.05) is 40.2 Å². The maximum absolute atomic E-state index is 12.9. The van der Waals surface area contributed by atoms with Crippen molar-refractivity contribution in [2.75, 3.05) is 13.2 Å². The summed E-state index contributed by atoms with van der Waals surface area (Å²) in [4.78, 5) is 11.7. The molecule has 3 nitrogen and oxygen atoms in total. The number of ether oxygens (including phenoxy) is 1. The minimum Gasteiger partial charge on any atom is -0.492 e. The monoisotopic (exact) mass is 363 g/mol. The number of benzene rings is 2. The Morgan fingerprint density at radius 1 is 1.23 bits per heavy atom. The lowest BCUT2D eigenvalue weighted by Gasteiger charge is -2.06. The Kier molecular flexibility index (Phi) is 6.15. The molecule has 22 heavy (non-hydrogen) atoms. The van der Waals surface area contributed by atoms with Crippen LogP contribution < -0.4 is 10.1 Å². The first-order valence-electron chi connectivity index (χ1n) is 6.74. The van der Waals surface area contributed by atoms with Crippen LogP contribution in [-0.2, 0) is 4.79 Å². The molecule has 0 saturated carbocycles. The van der Waals surface area contributed by atoms with Gasteiger partial charge in [0.2, 0.25) is 5.91 Å². The van der Waals surface area contributed by atoms with Crippen molar-refractivity contribution in [3.05, 3.63) is 70.5 Å². The second kappa shape index (κ2) is 8.34. The van der Waals surface area contributed by atoms with Crippen LogP contribution >= 0.6 is 15.9 Å². The molecule has 0 unspecified atom stereocenters. The number of nitrogens with one attached hydrogen (secondary N) is 1. The van der Waals surface area contributed by atoms with Gasteiger partial charge in [-0.25, -0.2) is 4.39 Å². The van der Waals surface area contributed by atoms with Gasteiger partial charge in [0, 0.05) is 16.6 Å². The second-order valence-corrected chi connectivity index (χ2v) is 5.31. The van der Waals surface area contributed by atoms with E-state index in [9.17, 15) is 9.18 Å². The number of rotatable bonds is 6. The van der Waals surface area contributed by atoms with Gasteiger partial charge in [0.25, 0.3) is 0 Å². The lowest BCUT2D eigenvalue weighted by atomic mass is 10.2. The van der Waals surface area contributed by atoms with Gasteiger partial charge in [-0.3, -0.25) is 4.79 Å². The highest BCUT2D eigenvalue weighted by atomic mass is 79.9. The fraction of sp³-hybridized carbons (Fsp3) is 0.118. The zero-order valence-corrected chi connectivity index (χ0v) is 13.3. The largest absolute Gasteiger partial charge is 0.492 e. The van der Waals surface area contributed by atoms with E-state index in [1.54, 1.807) is 18.2 Å². The molecule has 0 atom stereocenters. The summed E-state index contributed by atoms with van der Waals surface area (Å²) in [5.41, 5.74) is 0.925. The van der Waals surface area contributed by atoms with Crippen LogP contribution in [0.3, 0.4) is 0 Å². The molecular weight excluding hydrogens is 349 g/mol. The molecule has 0 aliphatic carbocycles. The lowest BCUT2D eigenvalue weighted by Crippen LogP contribution is -2.26. The minimum absolute atomic E-state index is 0.210. The third kappa shape index (κ3) is 5.33. The molecule has 0 spiro atoms. The van der Waals surface area contributed by atoms with Crippen LogP contribution in [0.15, 0.2) is 59.1 Å². The summed E-state index contributed by atoms with van der Waals surface area (Å²) in [6.07, 6.45) is 3.19. The van der Waals surface area contributed by atoms with E-state index in [2.05, 4.69) is 21.2 Å². The number of amides is 1. The van der Waals surface area contributed by atoms with Crippen molar-refractivity contribution in [2.24, 2.45) is 0 Å². The number of halogens is 2. The SMILES string of the molecule is O=C(/C=C/c1ccccc1Br)NCCOc1cccc(F)c1. The number of hydrogen-bond donors (Lipinski definition) is 1. The first-order chi connectivity index (χ1) is 10.6. The Balaban J connectivity index is 1.73. The molecule has 0 heterocycles. The minimum atomic E-state index is -0.349. The first-order valence-corrected chi connectivity index (χ1v) is 7.53. The van der Waals surface area contributed by atoms with E-state index in [0.29, 0.717) is 12.3 Å². The van der Waals surface area contributed by atoms with Crippen molar-refractivity contribution < 1.29 is 13.9 Å². The molecule has 2 aromatic rings. The zero-order chi connectivity index (χ0) is 15.8. The topological polar surface area (TPSA) is 38.3 Å². The van der Waals surface area contributed by atoms with Gasteiger partial charge in [-0.05, 0) is 29.8 Å². The van der Waals surface area contributed by atoms with Crippen LogP contribution in [0, 0.1) is 5.82 Å². The van der Waals surface area contributed by atoms with E-state index in [4.69, 9.17) is 4.74 Å². The molecule has 0 aliphatic rings. The molecule has 0 aliphatic heterocycles. The number of carbonyl (C=O) groups is 1. The van der Waals surface area contributed by atoms with E-state index in [-0.39, 0.29) is 18.3 Å². The van der Waals surface area contributed by atoms with E-state index < -0.39 is 0 Å². The standard InChI is InChI=1S/C17H15BrFNO2/c18-16-7-2-1-4-13(16)8-9-17(21)20-10-11-22-15-6-3-5-14(19)12-15/h1-9,12H,10-11H2,(H,20,21)/b9-8+. The van der Waals surface area contributed by atoms with Crippen LogP contribution in [0.1, 0.15) is 5.56 Å². The normalized spacial score (nSPS) is 10.6. The average Bonchev–Trinajstić information content (AvgIpc) is 2.51. The molecule has 0 fully saturated rings. The molecule has 2 aromatic carbocycles. The summed E-state index contributed by atoms with van der Waals surface area (Å²) in [6, 6.07) is 13.5. The summed E-state index contributed by atoms with van der Waals surface area (Å²) < 4.78 is 19.2. The summed E-state index contributed by atoms with van der Waals surface area (Å²) in [7, 11) is 0. The predicted octanol–water partition coefficient (Wildman–Crippen LogP) is 3.80. The van der Waals surface area contributed by atoms with Gasteiger partial charge in [-0.15, -0.1) is 0 Å². The molecule has 5 heteroatoms. The molecule has 0 aromatic heterocycles. The maximum Gasteiger partial charge on any atom is 0.244 e. The molecule has 114 valence electrons. The smallest absolute Gasteiger partial charge is 0.244 e. The summed E-state index contributed by atoms with van der Waals surface area (Å²) in [6.45, 7) is 0.619. The van der Waals surface area contributed by atoms with Crippen LogP contribution in [0.25, 0.3) is 6.08 Å². The Morgan fingerprint density at radius 2 is 2.05 bits per heavy atom. The highest BCUT2D eigenvalue weighted by Crippen LogP contribution is 2.16. The third-order valence-corrected chi connectivity index (χ3v) is 3.51. The van der Waals surface area contributed by atoms with Gasteiger partial charge in [0.15, 0.2) is 0 Å². The zero-order valence-electron chi connectivity index (χ0n) is 11.8. The van der Waals surface area contributed by atoms with Crippen LogP contribution in [0.4, 0.5) is 4.39 Å². The van der Waals surface area contributed by atoms with Gasteiger partial charge >= 0.3 is 0 Å². The molecule has 1 N–H and O–H groups in total. The quantitative estimate of drug-likeness (QED) is 0.626. The van der Waals surface area contributed by atoms with Crippen molar-refractivity contribution in [1.29, 1.82) is 0 Å². The van der Waals surface area contributed by atoms with Crippen molar-refractivity contribution in [3.8, 4) is 5.75 Å². The number of carbonyl (C=O) groups excluding carboxylic acids is 1. The predicted molar refractivity (Wildman–Crippen MR) is 88.1 cm³/mol.